The molecule has 1 N–H and O–H groups in total. The van der Waals surface area contributed by atoms with Gasteiger partial charge in [-0.3, -0.25) is 19.2 Å². The van der Waals surface area contributed by atoms with Crippen LogP contribution in [0.5, 0.6) is 0 Å². The van der Waals surface area contributed by atoms with E-state index in [1.807, 2.05) is 107 Å². The van der Waals surface area contributed by atoms with E-state index in [1.165, 1.54) is 30.6 Å². The van der Waals surface area contributed by atoms with E-state index in [0.29, 0.717) is 22.3 Å². The van der Waals surface area contributed by atoms with Gasteiger partial charge in [-0.25, -0.2) is 0 Å². The van der Waals surface area contributed by atoms with Gasteiger partial charge in [0.2, 0.25) is 0 Å². The molecule has 0 aromatic rings. The Morgan fingerprint density at radius 3 is 1.14 bits per heavy atom. The van der Waals surface area contributed by atoms with Crippen LogP contribution in [0.2, 0.25) is 0 Å². The minimum Gasteiger partial charge on any atom is -0.481 e. The van der Waals surface area contributed by atoms with Crippen LogP contribution in [0.1, 0.15) is 95.9 Å². The van der Waals surface area contributed by atoms with Crippen molar-refractivity contribution >= 4 is 47.0 Å². The van der Waals surface area contributed by atoms with Crippen LogP contribution >= 0.6 is 23.5 Å². The summed E-state index contributed by atoms with van der Waals surface area (Å²) in [5.41, 5.74) is 0.497. The molecular weight excluding hydrogens is 569 g/mol. The minimum absolute atomic E-state index is 0.0305. The van der Waals surface area contributed by atoms with Gasteiger partial charge in [0.15, 0.2) is 11.6 Å². The van der Waals surface area contributed by atoms with E-state index in [9.17, 15) is 24.3 Å². The molecular formula is C34H48O6S2. The van der Waals surface area contributed by atoms with Crippen LogP contribution in [0.3, 0.4) is 0 Å². The van der Waals surface area contributed by atoms with E-state index in [-0.39, 0.29) is 24.4 Å². The number of allylic oxidation sites excluding steroid dienone is 4. The fourth-order valence-electron chi connectivity index (χ4n) is 5.82. The number of hydrogen-bond acceptors (Lipinski definition) is 7. The molecule has 42 heavy (non-hydrogen) atoms. The number of aliphatic carboxylic acids is 1. The number of Topliss-reactive ketones (excluding diaryl/α,β-unsaturated/α-hetero) is 2. The maximum atomic E-state index is 14.1. The molecule has 0 aromatic carbocycles. The normalized spacial score (nSPS) is 22.0. The molecule has 232 valence electrons. The van der Waals surface area contributed by atoms with Crippen LogP contribution in [0.4, 0.5) is 0 Å². The van der Waals surface area contributed by atoms with Crippen molar-refractivity contribution in [2.45, 2.75) is 109 Å². The van der Waals surface area contributed by atoms with Gasteiger partial charge in [0, 0.05) is 22.3 Å². The number of carboxylic acids is 1. The Labute approximate surface area is 260 Å². The van der Waals surface area contributed by atoms with Crippen molar-refractivity contribution in [3.05, 3.63) is 46.6 Å². The van der Waals surface area contributed by atoms with Crippen LogP contribution in [0, 0.1) is 21.7 Å². The smallest absolute Gasteiger partial charge is 0.307 e. The number of hydrogen-bond donors (Lipinski definition) is 1. The van der Waals surface area contributed by atoms with E-state index in [2.05, 4.69) is 0 Å². The summed E-state index contributed by atoms with van der Waals surface area (Å²) in [5, 5.41) is 10.2. The lowest BCUT2D eigenvalue weighted by Crippen LogP contribution is -2.48. The van der Waals surface area contributed by atoms with Gasteiger partial charge in [-0.15, -0.1) is 23.5 Å². The van der Waals surface area contributed by atoms with Gasteiger partial charge >= 0.3 is 11.9 Å². The summed E-state index contributed by atoms with van der Waals surface area (Å²) in [6.45, 7) is 24.1. The summed E-state index contributed by atoms with van der Waals surface area (Å²) >= 11 is 2.81. The second-order valence-electron chi connectivity index (χ2n) is 15.9. The predicted octanol–water partition coefficient (Wildman–Crippen LogP) is 7.73. The van der Waals surface area contributed by atoms with Gasteiger partial charge in [0.1, 0.15) is 0 Å². The Morgan fingerprint density at radius 2 is 0.929 bits per heavy atom. The molecule has 3 rings (SSSR count). The highest BCUT2D eigenvalue weighted by molar-refractivity contribution is 8.23. The molecule has 0 unspecified atom stereocenters. The largest absolute Gasteiger partial charge is 0.481 e. The molecule has 0 atom stereocenters. The number of rotatable bonds is 4. The molecule has 0 amide bonds. The van der Waals surface area contributed by atoms with E-state index in [4.69, 9.17) is 4.74 Å². The maximum Gasteiger partial charge on any atom is 0.307 e. The summed E-state index contributed by atoms with van der Waals surface area (Å²) in [6, 6.07) is 0. The minimum atomic E-state index is -1.14. The standard InChI is InChI=1S/C34H48O6S2/c1-28(2,3)20-14-32(15-21(26(20)38)29(4,5)6)33(42-34(41-32,18-24(35)36)19-25(37)40-13)16-22(30(7,8)9)27(39)23(17-33)31(10,11)12/h14-17H,18-19H2,1-13H3,(H,35,36). The van der Waals surface area contributed by atoms with Crippen molar-refractivity contribution in [2.75, 3.05) is 7.11 Å². The molecule has 0 saturated carbocycles. The molecule has 2 aliphatic carbocycles. The molecule has 8 heteroatoms. The topological polar surface area (TPSA) is 97.7 Å². The van der Waals surface area contributed by atoms with Gasteiger partial charge in [-0.05, 0) is 21.7 Å². The number of ether oxygens (including phenoxy) is 1. The number of carbonyl (C=O) groups excluding carboxylic acids is 3. The number of ketones is 2. The lowest BCUT2D eigenvalue weighted by Gasteiger charge is -2.46. The number of fused-ring (bicyclic) bond motifs is 1. The zero-order valence-corrected chi connectivity index (χ0v) is 29.2. The predicted molar refractivity (Wildman–Crippen MR) is 172 cm³/mol. The van der Waals surface area contributed by atoms with E-state index < -0.39 is 47.2 Å². The van der Waals surface area contributed by atoms with Crippen LogP contribution in [-0.4, -0.2) is 49.3 Å². The zero-order chi connectivity index (χ0) is 32.5. The fourth-order valence-corrected chi connectivity index (χ4v) is 10.3. The Morgan fingerprint density at radius 1 is 0.643 bits per heavy atom. The average Bonchev–Trinajstić information content (AvgIpc) is 3.00. The number of carbonyl (C=O) groups is 4. The highest BCUT2D eigenvalue weighted by Crippen LogP contribution is 2.72. The van der Waals surface area contributed by atoms with Gasteiger partial charge in [0.25, 0.3) is 0 Å². The Bertz CT molecular complexity index is 1180. The highest BCUT2D eigenvalue weighted by Gasteiger charge is 2.66. The summed E-state index contributed by atoms with van der Waals surface area (Å²) in [6.07, 6.45) is 7.57. The van der Waals surface area contributed by atoms with Gasteiger partial charge in [-0.1, -0.05) is 107 Å². The lowest BCUT2D eigenvalue weighted by molar-refractivity contribution is -0.141. The number of carboxylic acid groups (broad SMARTS) is 1. The molecule has 3 aliphatic rings. The van der Waals surface area contributed by atoms with Crippen molar-refractivity contribution < 1.29 is 29.0 Å². The fraction of sp³-hybridized carbons (Fsp3) is 0.647. The zero-order valence-electron chi connectivity index (χ0n) is 27.5. The second-order valence-corrected chi connectivity index (χ2v) is 19.5. The third-order valence-electron chi connectivity index (χ3n) is 8.03. The molecule has 1 heterocycles. The van der Waals surface area contributed by atoms with Gasteiger partial charge < -0.3 is 9.84 Å². The van der Waals surface area contributed by atoms with E-state index >= 15 is 0 Å². The van der Waals surface area contributed by atoms with Crippen LogP contribution in [0.25, 0.3) is 0 Å². The first-order valence-electron chi connectivity index (χ1n) is 14.4. The van der Waals surface area contributed by atoms with E-state index in [1.54, 1.807) is 0 Å². The number of thioether (sulfide) groups is 2. The second kappa shape index (κ2) is 10.5. The molecule has 0 aromatic heterocycles. The summed E-state index contributed by atoms with van der Waals surface area (Å²) < 4.78 is 1.98. The first kappa shape index (κ1) is 34.4. The first-order chi connectivity index (χ1) is 18.7. The van der Waals surface area contributed by atoms with Crippen molar-refractivity contribution in [3.63, 3.8) is 0 Å². The molecule has 1 fully saturated rings. The molecule has 2 spiro atoms. The quantitative estimate of drug-likeness (QED) is 0.321. The number of methoxy groups -OCH3 is 1. The highest BCUT2D eigenvalue weighted by atomic mass is 32.2. The third-order valence-corrected chi connectivity index (χ3v) is 11.8. The van der Waals surface area contributed by atoms with Gasteiger partial charge in [0.05, 0.1) is 33.5 Å². The average molecular weight is 617 g/mol. The van der Waals surface area contributed by atoms with Crippen molar-refractivity contribution in [3.8, 4) is 0 Å². The third kappa shape index (κ3) is 6.26. The SMILES string of the molecule is COC(=O)CC1(CC(=O)O)SC2(C=C(C(C)(C)C)C(=O)C(C(C)(C)C)=C2)C2(C=C(C(C)(C)C)C(=O)C(C(C)(C)C)=C2)S1. The van der Waals surface area contributed by atoms with Crippen LogP contribution in [-0.2, 0) is 23.9 Å². The molecule has 0 bridgehead atoms. The Kier molecular flexibility index (Phi) is 8.64. The monoisotopic (exact) mass is 616 g/mol. The van der Waals surface area contributed by atoms with Crippen molar-refractivity contribution in [1.29, 1.82) is 0 Å². The van der Waals surface area contributed by atoms with Gasteiger partial charge in [-0.2, -0.15) is 0 Å². The molecule has 6 nitrogen and oxygen atoms in total. The van der Waals surface area contributed by atoms with Crippen LogP contribution < -0.4 is 0 Å². The molecule has 0 radical (unpaired) electrons. The Balaban J connectivity index is 2.61. The van der Waals surface area contributed by atoms with E-state index in [0.717, 1.165) is 0 Å². The number of esters is 1. The molecule has 1 saturated heterocycles. The summed E-state index contributed by atoms with van der Waals surface area (Å²) in [4.78, 5) is 53.5. The first-order valence-corrected chi connectivity index (χ1v) is 16.1. The summed E-state index contributed by atoms with van der Waals surface area (Å²) in [5.74, 6) is -1.61. The lowest BCUT2D eigenvalue weighted by atomic mass is 9.65. The summed E-state index contributed by atoms with van der Waals surface area (Å²) in [7, 11) is 1.30. The van der Waals surface area contributed by atoms with Crippen molar-refractivity contribution in [1.82, 2.24) is 0 Å². The maximum absolute atomic E-state index is 14.1. The Hall–Kier alpha value is -2.06. The molecule has 1 aliphatic heterocycles. The van der Waals surface area contributed by atoms with Crippen molar-refractivity contribution in [2.24, 2.45) is 21.7 Å². The van der Waals surface area contributed by atoms with Crippen LogP contribution in [0.15, 0.2) is 46.6 Å².